The van der Waals surface area contributed by atoms with Crippen molar-refractivity contribution in [2.45, 2.75) is 39.8 Å². The second kappa shape index (κ2) is 10.0. The van der Waals surface area contributed by atoms with Gasteiger partial charge in [0.2, 0.25) is 0 Å². The third-order valence-electron chi connectivity index (χ3n) is 4.86. The topological polar surface area (TPSA) is 73.2 Å². The molecule has 0 aliphatic rings. The lowest BCUT2D eigenvalue weighted by molar-refractivity contribution is -0.147. The number of carbonyl (C=O) groups excluding carboxylic acids is 2. The van der Waals surface area contributed by atoms with Crippen LogP contribution in [0.1, 0.15) is 41.9 Å². The number of carbonyl (C=O) groups is 2. The predicted molar refractivity (Wildman–Crippen MR) is 115 cm³/mol. The summed E-state index contributed by atoms with van der Waals surface area (Å²) in [7, 11) is 0. The van der Waals surface area contributed by atoms with Crippen molar-refractivity contribution in [2.75, 3.05) is 0 Å². The summed E-state index contributed by atoms with van der Waals surface area (Å²) in [5, 5.41) is 6.92. The fraction of sp³-hybridized carbons (Fsp3) is 0.292. The first kappa shape index (κ1) is 22.2. The summed E-state index contributed by atoms with van der Waals surface area (Å²) >= 11 is 0. The van der Waals surface area contributed by atoms with E-state index >= 15 is 0 Å². The summed E-state index contributed by atoms with van der Waals surface area (Å²) in [5.74, 6) is -1.23. The van der Waals surface area contributed by atoms with Gasteiger partial charge in [0.1, 0.15) is 24.2 Å². The van der Waals surface area contributed by atoms with Crippen LogP contribution in [-0.2, 0) is 16.1 Å². The molecule has 31 heavy (non-hydrogen) atoms. The molecule has 1 N–H and O–H groups in total. The van der Waals surface area contributed by atoms with Crippen LogP contribution >= 0.6 is 0 Å². The van der Waals surface area contributed by atoms with Gasteiger partial charge in [-0.3, -0.25) is 4.79 Å². The van der Waals surface area contributed by atoms with Crippen LogP contribution in [0.15, 0.2) is 60.8 Å². The zero-order chi connectivity index (χ0) is 22.4. The molecule has 0 saturated carbocycles. The molecule has 0 saturated heterocycles. The van der Waals surface area contributed by atoms with E-state index < -0.39 is 23.7 Å². The van der Waals surface area contributed by atoms with Crippen molar-refractivity contribution in [3.8, 4) is 5.69 Å². The summed E-state index contributed by atoms with van der Waals surface area (Å²) in [6.07, 6.45) is 1.80. The zero-order valence-electron chi connectivity index (χ0n) is 17.8. The van der Waals surface area contributed by atoms with Crippen LogP contribution in [-0.4, -0.2) is 27.7 Å². The van der Waals surface area contributed by atoms with E-state index in [1.165, 1.54) is 16.9 Å². The minimum absolute atomic E-state index is 0.133. The van der Waals surface area contributed by atoms with Crippen LogP contribution in [0.4, 0.5) is 4.39 Å². The van der Waals surface area contributed by atoms with Crippen molar-refractivity contribution in [1.29, 1.82) is 0 Å². The number of hydrogen-bond acceptors (Lipinski definition) is 4. The zero-order valence-corrected chi connectivity index (χ0v) is 17.8. The number of hydrogen-bond donors (Lipinski definition) is 1. The molecule has 3 rings (SSSR count). The van der Waals surface area contributed by atoms with Crippen LogP contribution < -0.4 is 5.32 Å². The normalized spacial score (nSPS) is 11.9. The second-order valence-electron chi connectivity index (χ2n) is 7.76. The summed E-state index contributed by atoms with van der Waals surface area (Å²) in [5.41, 5.74) is 1.86. The van der Waals surface area contributed by atoms with Crippen molar-refractivity contribution >= 4 is 11.9 Å². The van der Waals surface area contributed by atoms with Crippen LogP contribution in [0.5, 0.6) is 0 Å². The van der Waals surface area contributed by atoms with E-state index in [9.17, 15) is 14.0 Å². The predicted octanol–water partition coefficient (Wildman–Crippen LogP) is 4.21. The number of rotatable bonds is 8. The SMILES string of the molecule is Cc1c(C(=O)N[C@@H](CC(C)C)C(=O)OCc2ccccc2)cnn1-c1ccccc1F. The molecule has 0 aliphatic heterocycles. The Morgan fingerprint density at radius 2 is 1.77 bits per heavy atom. The molecule has 0 radical (unpaired) electrons. The molecule has 0 aliphatic carbocycles. The molecule has 0 spiro atoms. The number of para-hydroxylation sites is 1. The highest BCUT2D eigenvalue weighted by Crippen LogP contribution is 2.18. The van der Waals surface area contributed by atoms with Crippen molar-refractivity contribution in [1.82, 2.24) is 15.1 Å². The van der Waals surface area contributed by atoms with Crippen LogP contribution in [0.3, 0.4) is 0 Å². The Morgan fingerprint density at radius 1 is 1.10 bits per heavy atom. The number of esters is 1. The lowest BCUT2D eigenvalue weighted by Gasteiger charge is -2.19. The van der Waals surface area contributed by atoms with E-state index in [0.29, 0.717) is 12.1 Å². The number of benzene rings is 2. The van der Waals surface area contributed by atoms with Gasteiger partial charge < -0.3 is 10.1 Å². The molecule has 1 aromatic heterocycles. The number of aromatic nitrogens is 2. The Morgan fingerprint density at radius 3 is 2.45 bits per heavy atom. The quantitative estimate of drug-likeness (QED) is 0.551. The second-order valence-corrected chi connectivity index (χ2v) is 7.76. The average Bonchev–Trinajstić information content (AvgIpc) is 3.13. The van der Waals surface area contributed by atoms with E-state index in [1.807, 2.05) is 44.2 Å². The molecule has 7 heteroatoms. The van der Waals surface area contributed by atoms with Gasteiger partial charge in [-0.25, -0.2) is 13.9 Å². The lowest BCUT2D eigenvalue weighted by Crippen LogP contribution is -2.42. The van der Waals surface area contributed by atoms with E-state index in [4.69, 9.17) is 4.74 Å². The molecule has 0 bridgehead atoms. The maximum Gasteiger partial charge on any atom is 0.328 e. The smallest absolute Gasteiger partial charge is 0.328 e. The van der Waals surface area contributed by atoms with Gasteiger partial charge in [0.15, 0.2) is 0 Å². The molecule has 1 heterocycles. The molecule has 6 nitrogen and oxygen atoms in total. The molecular formula is C24H26FN3O3. The third-order valence-corrected chi connectivity index (χ3v) is 4.86. The number of nitrogens with one attached hydrogen (secondary N) is 1. The Kier molecular flexibility index (Phi) is 7.18. The van der Waals surface area contributed by atoms with Crippen molar-refractivity contribution in [2.24, 2.45) is 5.92 Å². The van der Waals surface area contributed by atoms with Gasteiger partial charge in [0.05, 0.1) is 17.5 Å². The Bertz CT molecular complexity index is 1050. The summed E-state index contributed by atoms with van der Waals surface area (Å²) < 4.78 is 20.9. The number of nitrogens with zero attached hydrogens (tertiary/aromatic N) is 2. The largest absolute Gasteiger partial charge is 0.459 e. The van der Waals surface area contributed by atoms with Crippen LogP contribution in [0.2, 0.25) is 0 Å². The summed E-state index contributed by atoms with van der Waals surface area (Å²) in [4.78, 5) is 25.6. The van der Waals surface area contributed by atoms with E-state index in [2.05, 4.69) is 10.4 Å². The monoisotopic (exact) mass is 423 g/mol. The Labute approximate surface area is 181 Å². The molecular weight excluding hydrogens is 397 g/mol. The number of ether oxygens (including phenoxy) is 1. The van der Waals surface area contributed by atoms with Gasteiger partial charge in [0.25, 0.3) is 5.91 Å². The third kappa shape index (κ3) is 5.57. The van der Waals surface area contributed by atoms with Crippen molar-refractivity contribution < 1.29 is 18.7 Å². The first-order valence-electron chi connectivity index (χ1n) is 10.2. The van der Waals surface area contributed by atoms with Crippen LogP contribution in [0, 0.1) is 18.7 Å². The van der Waals surface area contributed by atoms with Crippen molar-refractivity contribution in [3.05, 3.63) is 83.4 Å². The highest BCUT2D eigenvalue weighted by molar-refractivity contribution is 5.97. The molecule has 0 fully saturated rings. The van der Waals surface area contributed by atoms with Gasteiger partial charge >= 0.3 is 5.97 Å². The molecule has 2 aromatic carbocycles. The molecule has 1 atom stereocenters. The fourth-order valence-electron chi connectivity index (χ4n) is 3.25. The van der Waals surface area contributed by atoms with Crippen molar-refractivity contribution in [3.63, 3.8) is 0 Å². The first-order valence-corrected chi connectivity index (χ1v) is 10.2. The van der Waals surface area contributed by atoms with Gasteiger partial charge in [-0.1, -0.05) is 56.3 Å². The van der Waals surface area contributed by atoms with E-state index in [0.717, 1.165) is 5.56 Å². The van der Waals surface area contributed by atoms with E-state index in [1.54, 1.807) is 25.1 Å². The maximum atomic E-state index is 14.1. The minimum atomic E-state index is -0.799. The standard InChI is InChI=1S/C24H26FN3O3/c1-16(2)13-21(24(30)31-15-18-9-5-4-6-10-18)27-23(29)19-14-26-28(17(19)3)22-12-8-7-11-20(22)25/h4-12,14,16,21H,13,15H2,1-3H3,(H,27,29)/t21-/m0/s1. The van der Waals surface area contributed by atoms with Gasteiger partial charge in [0, 0.05) is 0 Å². The highest BCUT2D eigenvalue weighted by atomic mass is 19.1. The first-order chi connectivity index (χ1) is 14.9. The lowest BCUT2D eigenvalue weighted by atomic mass is 10.0. The van der Waals surface area contributed by atoms with Gasteiger partial charge in [-0.2, -0.15) is 5.10 Å². The Hall–Kier alpha value is -3.48. The number of amides is 1. The van der Waals surface area contributed by atoms with Gasteiger partial charge in [-0.05, 0) is 37.0 Å². The molecule has 162 valence electrons. The molecule has 1 amide bonds. The molecule has 0 unspecified atom stereocenters. The average molecular weight is 423 g/mol. The summed E-state index contributed by atoms with van der Waals surface area (Å²) in [6.45, 7) is 5.74. The number of halogens is 1. The van der Waals surface area contributed by atoms with E-state index in [-0.39, 0.29) is 23.8 Å². The minimum Gasteiger partial charge on any atom is -0.459 e. The highest BCUT2D eigenvalue weighted by Gasteiger charge is 2.26. The summed E-state index contributed by atoms with van der Waals surface area (Å²) in [6, 6.07) is 14.7. The Balaban J connectivity index is 1.73. The fourth-order valence-corrected chi connectivity index (χ4v) is 3.25. The molecule has 3 aromatic rings. The van der Waals surface area contributed by atoms with Crippen LogP contribution in [0.25, 0.3) is 5.69 Å². The van der Waals surface area contributed by atoms with Gasteiger partial charge in [-0.15, -0.1) is 0 Å². The maximum absolute atomic E-state index is 14.1.